The molecule has 1 aromatic rings. The molecule has 0 aliphatic carbocycles. The van der Waals surface area contributed by atoms with E-state index in [1.54, 1.807) is 0 Å². The summed E-state index contributed by atoms with van der Waals surface area (Å²) in [7, 11) is 0. The number of rotatable bonds is 2. The second-order valence-corrected chi connectivity index (χ2v) is 3.25. The van der Waals surface area contributed by atoms with E-state index in [-0.39, 0.29) is 11.1 Å². The molecular weight excluding hydrogens is 227 g/mol. The number of aromatic carboxylic acids is 1. The zero-order valence-corrected chi connectivity index (χ0v) is 7.69. The van der Waals surface area contributed by atoms with Crippen molar-refractivity contribution in [3.63, 3.8) is 0 Å². The maximum absolute atomic E-state index is 12.5. The Kier molecular flexibility index (Phi) is 2.01. The highest BCUT2D eigenvalue weighted by atomic mass is 19.4. The molecule has 1 heterocycles. The van der Waals surface area contributed by atoms with Crippen LogP contribution in [-0.4, -0.2) is 17.3 Å². The van der Waals surface area contributed by atoms with Gasteiger partial charge in [0.05, 0.1) is 5.56 Å². The number of hydrogen-bond acceptors (Lipinski definition) is 3. The lowest BCUT2D eigenvalue weighted by Gasteiger charge is -2.14. The minimum Gasteiger partial charge on any atom is -0.478 e. The molecule has 4 nitrogen and oxygen atoms in total. The van der Waals surface area contributed by atoms with E-state index in [2.05, 4.69) is 10.2 Å². The van der Waals surface area contributed by atoms with Crippen LogP contribution in [0.25, 0.3) is 0 Å². The Bertz CT molecular complexity index is 459. The monoisotopic (exact) mass is 232 g/mol. The van der Waals surface area contributed by atoms with Crippen LogP contribution in [0.3, 0.4) is 0 Å². The molecule has 0 atom stereocenters. The summed E-state index contributed by atoms with van der Waals surface area (Å²) in [5.74, 6) is -1.20. The Labute approximate surface area is 87.4 Å². The topological polar surface area (TPSA) is 62.0 Å². The van der Waals surface area contributed by atoms with Crippen molar-refractivity contribution < 1.29 is 23.1 Å². The number of carboxylic acids is 1. The zero-order valence-electron chi connectivity index (χ0n) is 7.69. The molecule has 2 rings (SSSR count). The van der Waals surface area contributed by atoms with Gasteiger partial charge in [-0.25, -0.2) is 4.79 Å². The molecule has 0 amide bonds. The van der Waals surface area contributed by atoms with E-state index in [0.29, 0.717) is 0 Å². The van der Waals surface area contributed by atoms with E-state index in [1.165, 1.54) is 0 Å². The number of halogens is 3. The van der Waals surface area contributed by atoms with Gasteiger partial charge >= 0.3 is 17.8 Å². The normalized spacial score (nSPS) is 17.2. The first-order valence-electron chi connectivity index (χ1n) is 4.21. The fourth-order valence-corrected chi connectivity index (χ4v) is 1.29. The molecule has 0 radical (unpaired) electrons. The van der Waals surface area contributed by atoms with Crippen LogP contribution in [-0.2, 0) is 5.66 Å². The van der Waals surface area contributed by atoms with Gasteiger partial charge in [0, 0.05) is 5.56 Å². The Morgan fingerprint density at radius 1 is 1.19 bits per heavy atom. The van der Waals surface area contributed by atoms with Gasteiger partial charge in [-0.3, -0.25) is 0 Å². The van der Waals surface area contributed by atoms with Crippen molar-refractivity contribution in [2.75, 3.05) is 0 Å². The Morgan fingerprint density at radius 3 is 2.00 bits per heavy atom. The number of alkyl halides is 3. The molecule has 0 spiro atoms. The van der Waals surface area contributed by atoms with Crippen molar-refractivity contribution in [3.8, 4) is 0 Å². The van der Waals surface area contributed by atoms with E-state index in [0.717, 1.165) is 24.3 Å². The molecule has 16 heavy (non-hydrogen) atoms. The SMILES string of the molecule is O=[14C](O)c1ccc(C2(C(F)(F)F)N=N2)cc1. The van der Waals surface area contributed by atoms with Crippen LogP contribution in [0.2, 0.25) is 0 Å². The summed E-state index contributed by atoms with van der Waals surface area (Å²) in [4.78, 5) is 10.5. The van der Waals surface area contributed by atoms with Crippen LogP contribution in [0.5, 0.6) is 0 Å². The minimum absolute atomic E-state index is 0.0817. The largest absolute Gasteiger partial charge is 0.478 e. The van der Waals surface area contributed by atoms with E-state index < -0.39 is 17.8 Å². The lowest BCUT2D eigenvalue weighted by Crippen LogP contribution is -2.30. The fourth-order valence-electron chi connectivity index (χ4n) is 1.29. The van der Waals surface area contributed by atoms with Crippen LogP contribution in [0.15, 0.2) is 34.5 Å². The first-order chi connectivity index (χ1) is 7.37. The average Bonchev–Trinajstić information content (AvgIpc) is 2.97. The average molecular weight is 232 g/mol. The van der Waals surface area contributed by atoms with Crippen LogP contribution < -0.4 is 0 Å². The molecule has 0 saturated heterocycles. The van der Waals surface area contributed by atoms with Crippen LogP contribution in [0.1, 0.15) is 15.9 Å². The third-order valence-corrected chi connectivity index (χ3v) is 2.23. The van der Waals surface area contributed by atoms with Gasteiger partial charge in [0.25, 0.3) is 0 Å². The lowest BCUT2D eigenvalue weighted by molar-refractivity contribution is -0.166. The van der Waals surface area contributed by atoms with Gasteiger partial charge in [-0.05, 0) is 12.1 Å². The van der Waals surface area contributed by atoms with Gasteiger partial charge in [-0.15, -0.1) is 10.2 Å². The minimum atomic E-state index is -4.59. The summed E-state index contributed by atoms with van der Waals surface area (Å²) in [5, 5.41) is 14.6. The van der Waals surface area contributed by atoms with E-state index in [9.17, 15) is 18.0 Å². The highest BCUT2D eigenvalue weighted by Gasteiger charge is 2.65. The standard InChI is InChI=1S/C9H5F3N2O2/c10-9(11,12)8(13-14-8)6-3-1-5(2-4-6)7(15)16/h1-4H,(H,15,16)/i7+2. The summed E-state index contributed by atoms with van der Waals surface area (Å²) < 4.78 is 37.6. The van der Waals surface area contributed by atoms with Crippen molar-refractivity contribution in [2.24, 2.45) is 10.2 Å². The van der Waals surface area contributed by atoms with E-state index >= 15 is 0 Å². The van der Waals surface area contributed by atoms with Crippen molar-refractivity contribution in [1.82, 2.24) is 0 Å². The van der Waals surface area contributed by atoms with Gasteiger partial charge in [0.2, 0.25) is 0 Å². The maximum atomic E-state index is 12.5. The smallest absolute Gasteiger partial charge is 0.442 e. The van der Waals surface area contributed by atoms with Gasteiger partial charge in [0.1, 0.15) is 0 Å². The lowest BCUT2D eigenvalue weighted by atomic mass is 10.0. The molecule has 0 fully saturated rings. The predicted molar refractivity (Wildman–Crippen MR) is 46.0 cm³/mol. The highest BCUT2D eigenvalue weighted by Crippen LogP contribution is 2.52. The van der Waals surface area contributed by atoms with Crippen molar-refractivity contribution in [1.29, 1.82) is 0 Å². The maximum Gasteiger partial charge on any atom is 0.442 e. The van der Waals surface area contributed by atoms with E-state index in [1.807, 2.05) is 0 Å². The van der Waals surface area contributed by atoms with Gasteiger partial charge in [0.15, 0.2) is 0 Å². The number of carboxylic acid groups (broad SMARTS) is 1. The molecule has 84 valence electrons. The van der Waals surface area contributed by atoms with Crippen LogP contribution >= 0.6 is 0 Å². The highest BCUT2D eigenvalue weighted by molar-refractivity contribution is 5.87. The second kappa shape index (κ2) is 3.03. The Balaban J connectivity index is 2.33. The third-order valence-electron chi connectivity index (χ3n) is 2.23. The van der Waals surface area contributed by atoms with Crippen LogP contribution in [0, 0.1) is 0 Å². The molecule has 1 aliphatic heterocycles. The van der Waals surface area contributed by atoms with E-state index in [4.69, 9.17) is 5.11 Å². The molecule has 1 aromatic carbocycles. The van der Waals surface area contributed by atoms with Crippen molar-refractivity contribution in [2.45, 2.75) is 11.8 Å². The molecule has 7 heteroatoms. The summed E-state index contributed by atoms with van der Waals surface area (Å²) in [6.07, 6.45) is -4.59. The predicted octanol–water partition coefficient (Wildman–Crippen LogP) is 2.57. The quantitative estimate of drug-likeness (QED) is 0.851. The van der Waals surface area contributed by atoms with Gasteiger partial charge < -0.3 is 5.11 Å². The molecular formula is C9H5F3N2O2. The number of carbonyl (C=O) groups is 1. The van der Waals surface area contributed by atoms with Crippen LogP contribution in [0.4, 0.5) is 13.2 Å². The van der Waals surface area contributed by atoms with Gasteiger partial charge in [-0.1, -0.05) is 12.1 Å². The first-order valence-corrected chi connectivity index (χ1v) is 4.21. The van der Waals surface area contributed by atoms with Crippen molar-refractivity contribution in [3.05, 3.63) is 35.4 Å². The summed E-state index contributed by atoms with van der Waals surface area (Å²) in [5.41, 5.74) is -2.74. The molecule has 1 N–H and O–H groups in total. The third kappa shape index (κ3) is 1.44. The fraction of sp³-hybridized carbons (Fsp3) is 0.222. The molecule has 0 unspecified atom stereocenters. The first kappa shape index (κ1) is 10.6. The molecule has 0 bridgehead atoms. The second-order valence-electron chi connectivity index (χ2n) is 3.25. The summed E-state index contributed by atoms with van der Waals surface area (Å²) in [6.45, 7) is 0. The number of hydrogen-bond donors (Lipinski definition) is 1. The zero-order chi connectivity index (χ0) is 12.0. The Hall–Kier alpha value is -1.92. The molecule has 1 aliphatic rings. The van der Waals surface area contributed by atoms with Gasteiger partial charge in [-0.2, -0.15) is 13.2 Å². The Morgan fingerprint density at radius 2 is 1.69 bits per heavy atom. The molecule has 0 aromatic heterocycles. The summed E-state index contributed by atoms with van der Waals surface area (Å²) in [6, 6.07) is 4.32. The van der Waals surface area contributed by atoms with Crippen molar-refractivity contribution >= 4 is 5.97 Å². The molecule has 0 saturated carbocycles. The summed E-state index contributed by atoms with van der Waals surface area (Å²) >= 11 is 0. The number of nitrogens with zero attached hydrogens (tertiary/aromatic N) is 2. The number of benzene rings is 1.